The fourth-order valence-electron chi connectivity index (χ4n) is 2.85. The smallest absolute Gasteiger partial charge is 0.270 e. The van der Waals surface area contributed by atoms with Gasteiger partial charge in [-0.25, -0.2) is 4.98 Å². The average molecular weight is 447 g/mol. The van der Waals surface area contributed by atoms with Crippen LogP contribution in [0.15, 0.2) is 48.7 Å². The van der Waals surface area contributed by atoms with E-state index in [2.05, 4.69) is 10.3 Å². The number of benzene rings is 2. The van der Waals surface area contributed by atoms with Crippen molar-refractivity contribution in [3.63, 3.8) is 0 Å². The summed E-state index contributed by atoms with van der Waals surface area (Å²) in [7, 11) is 0. The summed E-state index contributed by atoms with van der Waals surface area (Å²) in [4.78, 5) is 28.9. The van der Waals surface area contributed by atoms with Crippen LogP contribution in [0.25, 0.3) is 16.2 Å². The highest BCUT2D eigenvalue weighted by Crippen LogP contribution is 2.31. The molecule has 10 heteroatoms. The summed E-state index contributed by atoms with van der Waals surface area (Å²) in [5, 5.41) is 14.6. The molecular weight excluding hydrogens is 435 g/mol. The molecule has 0 fully saturated rings. The fraction of sp³-hybridized carbons (Fsp3) is 0.0526. The minimum absolute atomic E-state index is 0.00551. The van der Waals surface area contributed by atoms with Crippen molar-refractivity contribution < 1.29 is 9.72 Å². The topological polar surface area (TPSA) is 89.5 Å². The summed E-state index contributed by atoms with van der Waals surface area (Å²) in [6.07, 6.45) is 1.75. The van der Waals surface area contributed by atoms with E-state index in [1.54, 1.807) is 47.9 Å². The normalized spacial score (nSPS) is 11.0. The maximum absolute atomic E-state index is 12.7. The quantitative estimate of drug-likeness (QED) is 0.315. The lowest BCUT2D eigenvalue weighted by Gasteiger charge is -2.07. The maximum atomic E-state index is 12.7. The lowest BCUT2D eigenvalue weighted by molar-refractivity contribution is -0.384. The molecule has 29 heavy (non-hydrogen) atoms. The summed E-state index contributed by atoms with van der Waals surface area (Å²) >= 11 is 13.3. The lowest BCUT2D eigenvalue weighted by atomic mass is 10.1. The number of carbonyl (C=O) groups excluding carboxylic acids is 1. The largest absolute Gasteiger partial charge is 0.320 e. The minimum Gasteiger partial charge on any atom is -0.320 e. The predicted molar refractivity (Wildman–Crippen MR) is 114 cm³/mol. The molecule has 1 N–H and O–H groups in total. The van der Waals surface area contributed by atoms with Gasteiger partial charge < -0.3 is 5.32 Å². The number of halogens is 2. The third-order valence-corrected chi connectivity index (χ3v) is 6.01. The number of aromatic nitrogens is 2. The molecule has 0 aliphatic heterocycles. The van der Waals surface area contributed by atoms with Crippen LogP contribution in [-0.4, -0.2) is 20.2 Å². The van der Waals surface area contributed by atoms with Crippen molar-refractivity contribution in [1.82, 2.24) is 9.38 Å². The zero-order chi connectivity index (χ0) is 20.7. The Labute approximate surface area is 178 Å². The average Bonchev–Trinajstić information content (AvgIpc) is 3.24. The number of anilines is 1. The molecular formula is C19H12Cl2N4O3S. The number of nitro benzene ring substituents is 1. The molecule has 2 heterocycles. The zero-order valence-electron chi connectivity index (χ0n) is 14.8. The number of rotatable bonds is 4. The zero-order valence-corrected chi connectivity index (χ0v) is 17.2. The lowest BCUT2D eigenvalue weighted by Crippen LogP contribution is -2.12. The number of nitrogens with one attached hydrogen (secondary N) is 1. The number of aryl methyl sites for hydroxylation is 1. The fourth-order valence-corrected chi connectivity index (χ4v) is 4.19. The van der Waals surface area contributed by atoms with Crippen molar-refractivity contribution in [2.24, 2.45) is 0 Å². The van der Waals surface area contributed by atoms with E-state index in [1.165, 1.54) is 23.5 Å². The minimum atomic E-state index is -0.448. The number of hydrogen-bond acceptors (Lipinski definition) is 5. The van der Waals surface area contributed by atoms with Gasteiger partial charge in [0.15, 0.2) is 4.96 Å². The molecule has 0 radical (unpaired) electrons. The molecule has 0 atom stereocenters. The SMILES string of the molecule is Cc1c(C(=O)Nc2cc(Cl)ccc2Cl)sc2nc(-c3cccc([N+](=O)[O-])c3)cn12. The van der Waals surface area contributed by atoms with Gasteiger partial charge in [0.05, 0.1) is 21.3 Å². The first-order chi connectivity index (χ1) is 13.8. The predicted octanol–water partition coefficient (Wildman–Crippen LogP) is 5.84. The molecule has 0 saturated heterocycles. The second-order valence-electron chi connectivity index (χ2n) is 6.18. The summed E-state index contributed by atoms with van der Waals surface area (Å²) in [5.41, 5.74) is 2.34. The number of amides is 1. The Bertz CT molecular complexity index is 1280. The highest BCUT2D eigenvalue weighted by molar-refractivity contribution is 7.19. The molecule has 0 aliphatic rings. The van der Waals surface area contributed by atoms with Crippen LogP contribution in [0.2, 0.25) is 10.0 Å². The molecule has 4 rings (SSSR count). The molecule has 4 aromatic rings. The summed E-state index contributed by atoms with van der Waals surface area (Å²) in [6, 6.07) is 11.1. The number of non-ortho nitro benzene ring substituents is 1. The van der Waals surface area contributed by atoms with Crippen LogP contribution in [0, 0.1) is 17.0 Å². The second-order valence-corrected chi connectivity index (χ2v) is 8.00. The van der Waals surface area contributed by atoms with Gasteiger partial charge in [-0.2, -0.15) is 0 Å². The van der Waals surface area contributed by atoms with Crippen LogP contribution in [0.4, 0.5) is 11.4 Å². The second kappa shape index (κ2) is 7.47. The number of hydrogen-bond donors (Lipinski definition) is 1. The number of nitrogens with zero attached hydrogens (tertiary/aromatic N) is 3. The van der Waals surface area contributed by atoms with E-state index >= 15 is 0 Å². The van der Waals surface area contributed by atoms with Gasteiger partial charge in [-0.15, -0.1) is 0 Å². The molecule has 0 spiro atoms. The van der Waals surface area contributed by atoms with Crippen molar-refractivity contribution >= 4 is 56.8 Å². The van der Waals surface area contributed by atoms with Gasteiger partial charge in [0.25, 0.3) is 11.6 Å². The maximum Gasteiger partial charge on any atom is 0.270 e. The van der Waals surface area contributed by atoms with Crippen molar-refractivity contribution in [3.8, 4) is 11.3 Å². The Balaban J connectivity index is 1.66. The van der Waals surface area contributed by atoms with Crippen molar-refractivity contribution in [3.05, 3.63) is 79.4 Å². The molecule has 0 saturated carbocycles. The number of carbonyl (C=O) groups is 1. The first-order valence-corrected chi connectivity index (χ1v) is 9.90. The van der Waals surface area contributed by atoms with E-state index < -0.39 is 4.92 Å². The first kappa shape index (κ1) is 19.4. The van der Waals surface area contributed by atoms with Crippen LogP contribution in [-0.2, 0) is 0 Å². The van der Waals surface area contributed by atoms with Gasteiger partial charge in [0.2, 0.25) is 0 Å². The Morgan fingerprint density at radius 1 is 1.24 bits per heavy atom. The van der Waals surface area contributed by atoms with Gasteiger partial charge in [0, 0.05) is 34.6 Å². The van der Waals surface area contributed by atoms with Gasteiger partial charge in [-0.3, -0.25) is 19.3 Å². The Kier molecular flexibility index (Phi) is 4.99. The Morgan fingerprint density at radius 2 is 2.03 bits per heavy atom. The van der Waals surface area contributed by atoms with E-state index in [-0.39, 0.29) is 11.6 Å². The van der Waals surface area contributed by atoms with Gasteiger partial charge in [-0.1, -0.05) is 46.7 Å². The van der Waals surface area contributed by atoms with E-state index in [9.17, 15) is 14.9 Å². The van der Waals surface area contributed by atoms with E-state index in [4.69, 9.17) is 23.2 Å². The number of imidazole rings is 1. The summed E-state index contributed by atoms with van der Waals surface area (Å²) < 4.78 is 1.79. The third kappa shape index (κ3) is 3.69. The highest BCUT2D eigenvalue weighted by Gasteiger charge is 2.19. The number of nitro groups is 1. The number of fused-ring (bicyclic) bond motifs is 1. The molecule has 0 aliphatic carbocycles. The van der Waals surface area contributed by atoms with E-state index in [0.717, 1.165) is 0 Å². The van der Waals surface area contributed by atoms with Crippen molar-refractivity contribution in [1.29, 1.82) is 0 Å². The standard InChI is InChI=1S/C19H12Cl2N4O3S/c1-10-17(18(26)22-15-8-12(20)5-6-14(15)21)29-19-23-16(9-24(10)19)11-3-2-4-13(7-11)25(27)28/h2-9H,1H3,(H,22,26). The molecule has 7 nitrogen and oxygen atoms in total. The van der Waals surface area contributed by atoms with Gasteiger partial charge in [-0.05, 0) is 25.1 Å². The molecule has 0 bridgehead atoms. The molecule has 0 unspecified atom stereocenters. The highest BCUT2D eigenvalue weighted by atomic mass is 35.5. The molecule has 2 aromatic carbocycles. The Morgan fingerprint density at radius 3 is 2.76 bits per heavy atom. The first-order valence-electron chi connectivity index (χ1n) is 8.33. The van der Waals surface area contributed by atoms with Crippen LogP contribution in [0.3, 0.4) is 0 Å². The van der Waals surface area contributed by atoms with Crippen molar-refractivity contribution in [2.45, 2.75) is 6.92 Å². The van der Waals surface area contributed by atoms with Gasteiger partial charge in [0.1, 0.15) is 4.88 Å². The molecule has 1 amide bonds. The number of thiazole rings is 1. The monoisotopic (exact) mass is 446 g/mol. The van der Waals surface area contributed by atoms with Crippen LogP contribution >= 0.6 is 34.5 Å². The van der Waals surface area contributed by atoms with Gasteiger partial charge >= 0.3 is 0 Å². The Hall–Kier alpha value is -2.94. The van der Waals surface area contributed by atoms with Crippen LogP contribution in [0.5, 0.6) is 0 Å². The summed E-state index contributed by atoms with van der Waals surface area (Å²) in [6.45, 7) is 1.80. The van der Waals surface area contributed by atoms with Crippen LogP contribution < -0.4 is 5.32 Å². The van der Waals surface area contributed by atoms with E-state index in [0.29, 0.717) is 42.5 Å². The van der Waals surface area contributed by atoms with Crippen molar-refractivity contribution in [2.75, 3.05) is 5.32 Å². The third-order valence-electron chi connectivity index (χ3n) is 4.29. The van der Waals surface area contributed by atoms with Crippen LogP contribution in [0.1, 0.15) is 15.4 Å². The van der Waals surface area contributed by atoms with E-state index in [1.807, 2.05) is 0 Å². The molecule has 2 aromatic heterocycles. The molecule has 146 valence electrons. The summed E-state index contributed by atoms with van der Waals surface area (Å²) in [5.74, 6) is -0.320.